The van der Waals surface area contributed by atoms with Crippen LogP contribution >= 0.6 is 0 Å². The summed E-state index contributed by atoms with van der Waals surface area (Å²) in [5.74, 6) is 2.65. The van der Waals surface area contributed by atoms with E-state index in [1.807, 2.05) is 229 Å². The van der Waals surface area contributed by atoms with Crippen molar-refractivity contribution < 1.29 is 8.78 Å². The van der Waals surface area contributed by atoms with Crippen molar-refractivity contribution >= 4 is 21.8 Å². The molecule has 0 bridgehead atoms. The van der Waals surface area contributed by atoms with Crippen LogP contribution in [-0.2, 0) is 0 Å². The molecular formula is C69H42F2N10. The van der Waals surface area contributed by atoms with E-state index in [0.29, 0.717) is 85.8 Å². The van der Waals surface area contributed by atoms with Crippen molar-refractivity contribution in [3.63, 3.8) is 0 Å². The Morgan fingerprint density at radius 3 is 0.790 bits per heavy atom. The summed E-state index contributed by atoms with van der Waals surface area (Å²) in [6.45, 7) is 0. The van der Waals surface area contributed by atoms with Gasteiger partial charge in [0.1, 0.15) is 11.6 Å². The molecule has 0 N–H and O–H groups in total. The van der Waals surface area contributed by atoms with E-state index >= 15 is 8.78 Å². The lowest BCUT2D eigenvalue weighted by molar-refractivity contribution is 0.589. The number of halogens is 2. The third kappa shape index (κ3) is 9.32. The van der Waals surface area contributed by atoms with Crippen LogP contribution in [0.4, 0.5) is 8.78 Å². The third-order valence-electron chi connectivity index (χ3n) is 14.1. The summed E-state index contributed by atoms with van der Waals surface area (Å²) >= 11 is 0. The summed E-state index contributed by atoms with van der Waals surface area (Å²) in [4.78, 5) is 45.6. The zero-order valence-electron chi connectivity index (χ0n) is 43.0. The normalized spacial score (nSPS) is 11.3. The molecule has 0 spiro atoms. The maximum atomic E-state index is 16.6. The number of aromatic nitrogens is 10. The molecule has 10 aromatic carbocycles. The second-order valence-corrected chi connectivity index (χ2v) is 19.2. The van der Waals surface area contributed by atoms with Gasteiger partial charge in [0, 0.05) is 66.4 Å². The molecule has 12 heteroatoms. The lowest BCUT2D eigenvalue weighted by Gasteiger charge is -2.18. The first-order valence-electron chi connectivity index (χ1n) is 26.2. The maximum absolute atomic E-state index is 16.6. The number of rotatable bonds is 11. The van der Waals surface area contributed by atoms with Gasteiger partial charge in [-0.15, -0.1) is 0 Å². The van der Waals surface area contributed by atoms with Gasteiger partial charge in [0.05, 0.1) is 22.3 Å². The van der Waals surface area contributed by atoms with Gasteiger partial charge in [0.25, 0.3) is 0 Å². The molecule has 0 saturated heterocycles. The van der Waals surface area contributed by atoms with E-state index in [2.05, 4.69) is 0 Å². The predicted octanol–water partition coefficient (Wildman–Crippen LogP) is 16.3. The fourth-order valence-electron chi connectivity index (χ4n) is 10.2. The number of hydrogen-bond donors (Lipinski definition) is 0. The first-order chi connectivity index (χ1) is 40.0. The second kappa shape index (κ2) is 20.7. The number of hydrogen-bond acceptors (Lipinski definition) is 9. The molecule has 0 aliphatic rings. The van der Waals surface area contributed by atoms with Gasteiger partial charge in [-0.2, -0.15) is 0 Å². The SMILES string of the molecule is Fc1cccc(F)c1-c1ccc(-c2nc(-c3ccccc3)nc(-c3ccccc3)n2)cc1-n1c2cc(-c3nc(-c4ccccc4)nc(-c4ccccc4)n3)ccc2c2ccc(-c3nc(-c4ccccc4)nc(-c4ccccc4)n3)cc21. The van der Waals surface area contributed by atoms with E-state index in [1.54, 1.807) is 12.1 Å². The lowest BCUT2D eigenvalue weighted by Crippen LogP contribution is -2.04. The molecule has 382 valence electrons. The highest BCUT2D eigenvalue weighted by molar-refractivity contribution is 6.11. The summed E-state index contributed by atoms with van der Waals surface area (Å²) in [6, 6.07) is 80.1. The quantitative estimate of drug-likeness (QED) is 0.125. The van der Waals surface area contributed by atoms with Gasteiger partial charge in [0.15, 0.2) is 52.4 Å². The van der Waals surface area contributed by atoms with Crippen LogP contribution in [0.1, 0.15) is 0 Å². The van der Waals surface area contributed by atoms with Crippen LogP contribution in [-0.4, -0.2) is 49.4 Å². The van der Waals surface area contributed by atoms with Gasteiger partial charge in [-0.3, -0.25) is 0 Å². The molecule has 4 heterocycles. The largest absolute Gasteiger partial charge is 0.309 e. The van der Waals surface area contributed by atoms with Gasteiger partial charge < -0.3 is 4.57 Å². The highest BCUT2D eigenvalue weighted by Crippen LogP contribution is 2.42. The molecule has 81 heavy (non-hydrogen) atoms. The van der Waals surface area contributed by atoms with Crippen LogP contribution in [0.3, 0.4) is 0 Å². The Labute approximate surface area is 463 Å². The van der Waals surface area contributed by atoms with E-state index in [1.165, 1.54) is 18.2 Å². The van der Waals surface area contributed by atoms with Gasteiger partial charge >= 0.3 is 0 Å². The van der Waals surface area contributed by atoms with Crippen LogP contribution in [0.2, 0.25) is 0 Å². The van der Waals surface area contributed by atoms with Crippen molar-refractivity contribution in [3.8, 4) is 119 Å². The molecule has 0 atom stereocenters. The zero-order valence-corrected chi connectivity index (χ0v) is 43.0. The summed E-state index contributed by atoms with van der Waals surface area (Å²) < 4.78 is 35.3. The minimum Gasteiger partial charge on any atom is -0.309 e. The summed E-state index contributed by atoms with van der Waals surface area (Å²) in [5.41, 5.74) is 8.67. The molecular weight excluding hydrogens is 1010 g/mol. The highest BCUT2D eigenvalue weighted by atomic mass is 19.1. The number of nitrogens with zero attached hydrogens (tertiary/aromatic N) is 10. The number of fused-ring (bicyclic) bond motifs is 3. The molecule has 0 aliphatic carbocycles. The van der Waals surface area contributed by atoms with Crippen LogP contribution in [0.5, 0.6) is 0 Å². The van der Waals surface area contributed by atoms with Gasteiger partial charge in [-0.05, 0) is 30.3 Å². The van der Waals surface area contributed by atoms with Crippen molar-refractivity contribution in [2.75, 3.05) is 0 Å². The molecule has 0 unspecified atom stereocenters. The van der Waals surface area contributed by atoms with Crippen molar-refractivity contribution in [3.05, 3.63) is 266 Å². The summed E-state index contributed by atoms with van der Waals surface area (Å²) in [7, 11) is 0. The average molecular weight is 1050 g/mol. The smallest absolute Gasteiger partial charge is 0.164 e. The maximum Gasteiger partial charge on any atom is 0.164 e. The molecule has 0 fully saturated rings. The standard InChI is InChI=1S/C69H42F2N10/c70-55-32-19-33-56(71)60(55)54-39-36-51(69-79-65(47-28-15-5-16-29-47)74-66(80-69)48-30-17-6-18-31-48)42-59(54)81-57-40-49(67-75-61(43-20-7-1-8-21-43)72-62(76-67)44-22-9-2-10-23-44)34-37-52(57)53-38-35-50(41-58(53)81)68-77-63(45-24-11-3-12-25-45)73-64(78-68)46-26-13-4-14-27-46/h1-42H. The van der Waals surface area contributed by atoms with E-state index in [0.717, 1.165) is 44.2 Å². The van der Waals surface area contributed by atoms with Gasteiger partial charge in [-0.1, -0.05) is 224 Å². The number of benzene rings is 10. The second-order valence-electron chi connectivity index (χ2n) is 19.2. The first-order valence-corrected chi connectivity index (χ1v) is 26.2. The molecule has 0 aliphatic heterocycles. The first kappa shape index (κ1) is 48.3. The molecule has 0 amide bonds. The Morgan fingerprint density at radius 2 is 0.494 bits per heavy atom. The molecule has 10 nitrogen and oxygen atoms in total. The Morgan fingerprint density at radius 1 is 0.235 bits per heavy atom. The van der Waals surface area contributed by atoms with Crippen molar-refractivity contribution in [2.45, 2.75) is 0 Å². The van der Waals surface area contributed by atoms with Gasteiger partial charge in [0.2, 0.25) is 0 Å². The predicted molar refractivity (Wildman–Crippen MR) is 315 cm³/mol. The Bertz CT molecular complexity index is 4270. The van der Waals surface area contributed by atoms with E-state index in [-0.39, 0.29) is 11.1 Å². The lowest BCUT2D eigenvalue weighted by atomic mass is 9.99. The highest BCUT2D eigenvalue weighted by Gasteiger charge is 2.25. The van der Waals surface area contributed by atoms with E-state index in [9.17, 15) is 0 Å². The molecule has 14 aromatic rings. The van der Waals surface area contributed by atoms with Crippen molar-refractivity contribution in [2.24, 2.45) is 0 Å². The topological polar surface area (TPSA) is 121 Å². The minimum atomic E-state index is -0.733. The average Bonchev–Trinajstić information content (AvgIpc) is 4.14. The Kier molecular flexibility index (Phi) is 12.3. The van der Waals surface area contributed by atoms with Crippen molar-refractivity contribution in [1.29, 1.82) is 0 Å². The van der Waals surface area contributed by atoms with E-state index < -0.39 is 11.6 Å². The van der Waals surface area contributed by atoms with Crippen molar-refractivity contribution in [1.82, 2.24) is 49.4 Å². The summed E-state index contributed by atoms with van der Waals surface area (Å²) in [5, 5.41) is 1.68. The van der Waals surface area contributed by atoms with Crippen LogP contribution in [0.25, 0.3) is 141 Å². The minimum absolute atomic E-state index is 0.207. The fourth-order valence-corrected chi connectivity index (χ4v) is 10.2. The van der Waals surface area contributed by atoms with Crippen LogP contribution in [0.15, 0.2) is 255 Å². The molecule has 4 aromatic heterocycles. The van der Waals surface area contributed by atoms with Gasteiger partial charge in [-0.25, -0.2) is 53.6 Å². The third-order valence-corrected chi connectivity index (χ3v) is 14.1. The fraction of sp³-hybridized carbons (Fsp3) is 0. The zero-order chi connectivity index (χ0) is 54.2. The van der Waals surface area contributed by atoms with E-state index in [4.69, 9.17) is 44.9 Å². The molecule has 14 rings (SSSR count). The van der Waals surface area contributed by atoms with Crippen LogP contribution < -0.4 is 0 Å². The monoisotopic (exact) mass is 1050 g/mol. The molecule has 0 saturated carbocycles. The summed E-state index contributed by atoms with van der Waals surface area (Å²) in [6.07, 6.45) is 0. The molecule has 0 radical (unpaired) electrons. The Hall–Kier alpha value is -11.1. The Balaban J connectivity index is 1.06. The van der Waals surface area contributed by atoms with Crippen LogP contribution in [0, 0.1) is 11.6 Å².